The van der Waals surface area contributed by atoms with E-state index in [0.717, 1.165) is 61.2 Å². The Morgan fingerprint density at radius 3 is 2.50 bits per heavy atom. The molecule has 1 aliphatic heterocycles. The summed E-state index contributed by atoms with van der Waals surface area (Å²) in [5.74, 6) is 1.62. The number of rotatable bonds is 5. The second kappa shape index (κ2) is 7.74. The normalized spacial score (nSPS) is 13.5. The third-order valence-corrected chi connectivity index (χ3v) is 5.66. The van der Waals surface area contributed by atoms with Crippen molar-refractivity contribution in [1.29, 1.82) is 0 Å². The summed E-state index contributed by atoms with van der Waals surface area (Å²) in [5.41, 5.74) is 5.87. The summed E-state index contributed by atoms with van der Waals surface area (Å²) in [6, 6.07) is 16.7. The molecule has 1 aromatic carbocycles. The van der Waals surface area contributed by atoms with E-state index in [0.29, 0.717) is 0 Å². The highest BCUT2D eigenvalue weighted by Gasteiger charge is 2.22. The van der Waals surface area contributed by atoms with Gasteiger partial charge in [-0.15, -0.1) is 10.2 Å². The van der Waals surface area contributed by atoms with Gasteiger partial charge < -0.3 is 9.47 Å². The molecule has 0 radical (unpaired) electrons. The smallest absolute Gasteiger partial charge is 0.176 e. The van der Waals surface area contributed by atoms with E-state index in [-0.39, 0.29) is 0 Å². The minimum Gasteiger partial charge on any atom is -0.349 e. The van der Waals surface area contributed by atoms with E-state index in [1.807, 2.05) is 43.1 Å². The lowest BCUT2D eigenvalue weighted by Crippen LogP contribution is -2.32. The maximum absolute atomic E-state index is 4.68. The highest BCUT2D eigenvalue weighted by Crippen LogP contribution is 2.23. The van der Waals surface area contributed by atoms with Gasteiger partial charge in [-0.25, -0.2) is 9.67 Å². The van der Waals surface area contributed by atoms with Crippen LogP contribution in [0.2, 0.25) is 0 Å². The Kier molecular flexibility index (Phi) is 4.78. The zero-order chi connectivity index (χ0) is 20.5. The quantitative estimate of drug-likeness (QED) is 0.515. The second-order valence-corrected chi connectivity index (χ2v) is 7.83. The maximum atomic E-state index is 4.68. The van der Waals surface area contributed by atoms with Crippen molar-refractivity contribution in [2.24, 2.45) is 0 Å². The lowest BCUT2D eigenvalue weighted by molar-refractivity contribution is 0.620. The van der Waals surface area contributed by atoms with Crippen LogP contribution < -0.4 is 4.90 Å². The first-order valence-corrected chi connectivity index (χ1v) is 10.4. The van der Waals surface area contributed by atoms with Gasteiger partial charge in [-0.2, -0.15) is 5.10 Å². The number of hydrogen-bond acceptors (Lipinski definition) is 5. The minimum atomic E-state index is 0.743. The standard InChI is InChI=1S/C23H25N7/c1-17-14-18(2)30(27-17)23-9-8-22(25-26-23)28-13-11-21-20(15-28)24-16-29(21)12-10-19-6-4-3-5-7-19/h3-9,14,16H,10-13,15H2,1-2H3. The van der Waals surface area contributed by atoms with Gasteiger partial charge >= 0.3 is 0 Å². The van der Waals surface area contributed by atoms with Crippen LogP contribution in [0.4, 0.5) is 5.82 Å². The van der Waals surface area contributed by atoms with Crippen LogP contribution in [0.5, 0.6) is 0 Å². The summed E-state index contributed by atoms with van der Waals surface area (Å²) < 4.78 is 4.13. The Bertz CT molecular complexity index is 1140. The van der Waals surface area contributed by atoms with Gasteiger partial charge in [-0.3, -0.25) is 0 Å². The fourth-order valence-corrected chi connectivity index (χ4v) is 4.11. The summed E-state index contributed by atoms with van der Waals surface area (Å²) in [6.07, 6.45) is 3.96. The summed E-state index contributed by atoms with van der Waals surface area (Å²) >= 11 is 0. The van der Waals surface area contributed by atoms with Gasteiger partial charge in [0, 0.05) is 30.9 Å². The highest BCUT2D eigenvalue weighted by atomic mass is 15.4. The topological polar surface area (TPSA) is 64.7 Å². The molecule has 4 heterocycles. The van der Waals surface area contributed by atoms with Crippen LogP contribution in [0.25, 0.3) is 5.82 Å². The van der Waals surface area contributed by atoms with Crippen LogP contribution in [-0.4, -0.2) is 36.1 Å². The monoisotopic (exact) mass is 399 g/mol. The summed E-state index contributed by atoms with van der Waals surface area (Å²) in [5, 5.41) is 13.4. The molecule has 0 atom stereocenters. The summed E-state index contributed by atoms with van der Waals surface area (Å²) in [7, 11) is 0. The predicted octanol–water partition coefficient (Wildman–Crippen LogP) is 3.28. The number of fused-ring (bicyclic) bond motifs is 1. The lowest BCUT2D eigenvalue weighted by atomic mass is 10.1. The first-order chi connectivity index (χ1) is 14.7. The lowest BCUT2D eigenvalue weighted by Gasteiger charge is -2.27. The zero-order valence-electron chi connectivity index (χ0n) is 17.4. The molecular weight excluding hydrogens is 374 g/mol. The van der Waals surface area contributed by atoms with E-state index in [2.05, 4.69) is 60.1 Å². The Balaban J connectivity index is 1.28. The molecule has 0 bridgehead atoms. The fraction of sp³-hybridized carbons (Fsp3) is 0.304. The van der Waals surface area contributed by atoms with Gasteiger partial charge in [0.25, 0.3) is 0 Å². The van der Waals surface area contributed by atoms with E-state index >= 15 is 0 Å². The van der Waals surface area contributed by atoms with Crippen molar-refractivity contribution in [1.82, 2.24) is 29.5 Å². The number of hydrogen-bond donors (Lipinski definition) is 0. The first kappa shape index (κ1) is 18.5. The summed E-state index contributed by atoms with van der Waals surface area (Å²) in [4.78, 5) is 6.93. The second-order valence-electron chi connectivity index (χ2n) is 7.83. The molecule has 0 saturated heterocycles. The molecule has 0 fully saturated rings. The van der Waals surface area contributed by atoms with Crippen molar-refractivity contribution >= 4 is 5.82 Å². The molecule has 4 aromatic rings. The Hall–Kier alpha value is -3.48. The Labute approximate surface area is 176 Å². The Morgan fingerprint density at radius 2 is 1.77 bits per heavy atom. The van der Waals surface area contributed by atoms with Gasteiger partial charge in [0.1, 0.15) is 0 Å². The van der Waals surface area contributed by atoms with E-state index in [4.69, 9.17) is 0 Å². The molecule has 7 nitrogen and oxygen atoms in total. The van der Waals surface area contributed by atoms with Crippen molar-refractivity contribution in [3.05, 3.63) is 83.2 Å². The molecule has 0 N–H and O–H groups in total. The molecule has 0 spiro atoms. The average molecular weight is 400 g/mol. The van der Waals surface area contributed by atoms with Crippen LogP contribution >= 0.6 is 0 Å². The minimum absolute atomic E-state index is 0.743. The molecule has 0 amide bonds. The number of benzene rings is 1. The largest absolute Gasteiger partial charge is 0.349 e. The third-order valence-electron chi connectivity index (χ3n) is 5.66. The number of nitrogens with zero attached hydrogens (tertiary/aromatic N) is 7. The van der Waals surface area contributed by atoms with Crippen molar-refractivity contribution < 1.29 is 0 Å². The predicted molar refractivity (Wildman–Crippen MR) is 116 cm³/mol. The molecule has 152 valence electrons. The van der Waals surface area contributed by atoms with Gasteiger partial charge in [0.2, 0.25) is 0 Å². The molecule has 1 aliphatic rings. The van der Waals surface area contributed by atoms with Gasteiger partial charge in [0.15, 0.2) is 11.6 Å². The number of imidazole rings is 1. The molecule has 7 heteroatoms. The first-order valence-electron chi connectivity index (χ1n) is 10.4. The van der Waals surface area contributed by atoms with E-state index in [1.54, 1.807) is 0 Å². The van der Waals surface area contributed by atoms with E-state index < -0.39 is 0 Å². The molecular formula is C23H25N7. The average Bonchev–Trinajstić information content (AvgIpc) is 3.34. The molecule has 0 unspecified atom stereocenters. The number of anilines is 1. The van der Waals surface area contributed by atoms with Crippen molar-refractivity contribution in [3.63, 3.8) is 0 Å². The van der Waals surface area contributed by atoms with Crippen LogP contribution in [0.15, 0.2) is 54.9 Å². The molecule has 30 heavy (non-hydrogen) atoms. The fourth-order valence-electron chi connectivity index (χ4n) is 4.11. The third kappa shape index (κ3) is 3.58. The van der Waals surface area contributed by atoms with Gasteiger partial charge in [-0.05, 0) is 44.0 Å². The van der Waals surface area contributed by atoms with Crippen LogP contribution in [-0.2, 0) is 25.9 Å². The molecule has 0 saturated carbocycles. The van der Waals surface area contributed by atoms with E-state index in [9.17, 15) is 0 Å². The van der Waals surface area contributed by atoms with Gasteiger partial charge in [0.05, 0.1) is 24.3 Å². The molecule has 5 rings (SSSR count). The highest BCUT2D eigenvalue weighted by molar-refractivity contribution is 5.42. The number of aromatic nitrogens is 6. The van der Waals surface area contributed by atoms with Crippen LogP contribution in [0, 0.1) is 13.8 Å². The van der Waals surface area contributed by atoms with Crippen molar-refractivity contribution in [2.45, 2.75) is 39.8 Å². The van der Waals surface area contributed by atoms with E-state index in [1.165, 1.54) is 11.3 Å². The van der Waals surface area contributed by atoms with Gasteiger partial charge in [-0.1, -0.05) is 30.3 Å². The number of aryl methyl sites for hydroxylation is 4. The Morgan fingerprint density at radius 1 is 0.967 bits per heavy atom. The summed E-state index contributed by atoms with van der Waals surface area (Å²) in [6.45, 7) is 6.65. The van der Waals surface area contributed by atoms with Crippen LogP contribution in [0.3, 0.4) is 0 Å². The molecule has 3 aromatic heterocycles. The molecule has 0 aliphatic carbocycles. The van der Waals surface area contributed by atoms with Crippen LogP contribution in [0.1, 0.15) is 28.3 Å². The SMILES string of the molecule is Cc1cc(C)n(-c2ccc(N3CCc4c(ncn4CCc4ccccc4)C3)nn2)n1. The van der Waals surface area contributed by atoms with Crippen molar-refractivity contribution in [3.8, 4) is 5.82 Å². The van der Waals surface area contributed by atoms with Crippen molar-refractivity contribution in [2.75, 3.05) is 11.4 Å². The zero-order valence-corrected chi connectivity index (χ0v) is 17.4. The maximum Gasteiger partial charge on any atom is 0.176 e.